The number of hydrogen-bond donors (Lipinski definition) is 0. The van der Waals surface area contributed by atoms with Crippen LogP contribution in [0.5, 0.6) is 0 Å². The monoisotopic (exact) mass is 1900 g/mol. The number of anilines is 7. The van der Waals surface area contributed by atoms with Crippen LogP contribution in [0.15, 0.2) is 164 Å². The van der Waals surface area contributed by atoms with Crippen LogP contribution in [0.3, 0.4) is 0 Å². The van der Waals surface area contributed by atoms with Crippen molar-refractivity contribution in [1.82, 2.24) is 0 Å². The predicted molar refractivity (Wildman–Crippen MR) is 487 cm³/mol. The number of nitrogens with zero attached hydrogens (tertiary/aromatic N) is 9. The average molecular weight is 1910 g/mol. The van der Waals surface area contributed by atoms with Crippen molar-refractivity contribution in [3.63, 3.8) is 0 Å². The molecule has 0 aromatic heterocycles. The van der Waals surface area contributed by atoms with Crippen LogP contribution < -0.4 is 34.3 Å². The van der Waals surface area contributed by atoms with Gasteiger partial charge in [0, 0.05) is 202 Å². The van der Waals surface area contributed by atoms with E-state index in [1.165, 1.54) is 38.5 Å². The zero-order valence-electron chi connectivity index (χ0n) is 74.5. The van der Waals surface area contributed by atoms with E-state index in [0.29, 0.717) is 11.4 Å². The van der Waals surface area contributed by atoms with Gasteiger partial charge in [0.2, 0.25) is 41.4 Å². The fraction of sp³-hybridized carbons (Fsp3) is 0.554. The Hall–Kier alpha value is -6.72. The molecule has 6 aromatic carbocycles. The first-order chi connectivity index (χ1) is 57.7. The molecule has 2 radical (unpaired) electrons. The summed E-state index contributed by atoms with van der Waals surface area (Å²) in [5, 5.41) is 8.45. The molecule has 13 rings (SSSR count). The van der Waals surface area contributed by atoms with Crippen LogP contribution in [-0.4, -0.2) is 102 Å². The van der Waals surface area contributed by atoms with Gasteiger partial charge in [0.25, 0.3) is 0 Å². The molecule has 7 saturated carbocycles. The van der Waals surface area contributed by atoms with E-state index in [9.17, 15) is 43.2 Å². The smallest absolute Gasteiger partial charge is 0.230 e. The van der Waals surface area contributed by atoms with Gasteiger partial charge in [0.15, 0.2) is 0 Å². The van der Waals surface area contributed by atoms with Crippen molar-refractivity contribution in [3.8, 4) is 0 Å². The second-order valence-electron chi connectivity index (χ2n) is 34.5. The minimum Gasteiger partial charge on any atom is -0.627 e. The Morgan fingerprint density at radius 1 is 0.289 bits per heavy atom. The molecule has 18 nitrogen and oxygen atoms in total. The van der Waals surface area contributed by atoms with E-state index in [1.54, 1.807) is 72.7 Å². The SMILES string of the molecule is CCCCC(CC)C(=O)N(C)c1ccccc1.CN(C(=O)C1CCCCC1)c1cccc(N(C)C(=O)C2CCCCC2)c1.CN(C(=O)C1CCCCC1)c1ccccc1N(C)C(=O)C1CCCCC1.CN(C(=O)C1CCCCC1C(=O)N(C)c1ccccc1)c1ccccc1.O=C([N-]c1ccc([N-]C(=O)C2CCCCC2)cc1)C1CCCCC1.[Pr].[Pr]. The third-order valence-corrected chi connectivity index (χ3v) is 26.2. The fourth-order valence-corrected chi connectivity index (χ4v) is 18.4. The maximum atomic E-state index is 13.1. The van der Waals surface area contributed by atoms with Crippen molar-refractivity contribution in [2.24, 2.45) is 53.3 Å². The van der Waals surface area contributed by atoms with Crippen LogP contribution in [0.4, 0.5) is 51.2 Å². The summed E-state index contributed by atoms with van der Waals surface area (Å²) < 4.78 is 0. The van der Waals surface area contributed by atoms with Gasteiger partial charge in [-0.15, -0.1) is 11.4 Å². The maximum absolute atomic E-state index is 13.1. The minimum atomic E-state index is -0.257. The van der Waals surface area contributed by atoms with Crippen molar-refractivity contribution in [3.05, 3.63) is 174 Å². The summed E-state index contributed by atoms with van der Waals surface area (Å²) in [5.41, 5.74) is 7.47. The topological polar surface area (TPSA) is 205 Å². The molecule has 3 unspecified atom stereocenters. The molecule has 0 heterocycles. The summed E-state index contributed by atoms with van der Waals surface area (Å²) in [5.74, 6) is 1.51. The first-order valence-corrected chi connectivity index (χ1v) is 45.6. The van der Waals surface area contributed by atoms with E-state index in [-0.39, 0.29) is 189 Å². The molecule has 0 bridgehead atoms. The summed E-state index contributed by atoms with van der Waals surface area (Å²) in [6.45, 7) is 4.26. The van der Waals surface area contributed by atoms with Gasteiger partial charge in [-0.2, -0.15) is 0 Å². The number of amides is 9. The number of benzene rings is 6. The van der Waals surface area contributed by atoms with E-state index in [2.05, 4.69) is 24.5 Å². The van der Waals surface area contributed by atoms with Crippen LogP contribution >= 0.6 is 0 Å². The maximum Gasteiger partial charge on any atom is 0.230 e. The first kappa shape index (κ1) is 101. The van der Waals surface area contributed by atoms with Crippen molar-refractivity contribution in [2.45, 2.75) is 258 Å². The number of rotatable bonds is 22. The zero-order valence-corrected chi connectivity index (χ0v) is 81.9. The molecule has 0 N–H and O–H groups in total. The molecule has 7 fully saturated rings. The largest absolute Gasteiger partial charge is 0.627 e. The first-order valence-electron chi connectivity index (χ1n) is 45.6. The van der Waals surface area contributed by atoms with Crippen molar-refractivity contribution >= 4 is 104 Å². The Kier molecular flexibility index (Phi) is 45.4. The van der Waals surface area contributed by atoms with E-state index in [4.69, 9.17) is 0 Å². The molecule has 7 aliphatic carbocycles. The summed E-state index contributed by atoms with van der Waals surface area (Å²) in [4.78, 5) is 127. The van der Waals surface area contributed by atoms with Crippen molar-refractivity contribution in [1.29, 1.82) is 0 Å². The Bertz CT molecular complexity index is 3900. The van der Waals surface area contributed by atoms with E-state index >= 15 is 0 Å². The summed E-state index contributed by atoms with van der Waals surface area (Å²) in [6.07, 6.45) is 40.7. The van der Waals surface area contributed by atoms with Crippen LogP contribution in [0.25, 0.3) is 10.6 Å². The molecule has 9 amide bonds. The number of unbranched alkanes of at least 4 members (excludes halogenated alkanes) is 1. The average Bonchev–Trinajstić information content (AvgIpc) is 0.811. The number of hydrogen-bond acceptors (Lipinski definition) is 9. The molecule has 0 spiro atoms. The minimum absolute atomic E-state index is 0. The fourth-order valence-electron chi connectivity index (χ4n) is 18.4. The van der Waals surface area contributed by atoms with Crippen LogP contribution in [0.2, 0.25) is 0 Å². The second kappa shape index (κ2) is 54.2. The summed E-state index contributed by atoms with van der Waals surface area (Å²) in [6, 6.07) is 51.9. The Balaban J connectivity index is 0.000000209. The Labute approximate surface area is 791 Å². The van der Waals surface area contributed by atoms with Gasteiger partial charge < -0.3 is 54.5 Å². The van der Waals surface area contributed by atoms with Gasteiger partial charge in [0.1, 0.15) is 0 Å². The van der Waals surface area contributed by atoms with Crippen LogP contribution in [-0.2, 0) is 43.2 Å². The molecule has 0 saturated heterocycles. The second-order valence-corrected chi connectivity index (χ2v) is 34.5. The molecule has 0 aliphatic heterocycles. The van der Waals surface area contributed by atoms with Gasteiger partial charge in [0.05, 0.1) is 35.0 Å². The summed E-state index contributed by atoms with van der Waals surface area (Å²) >= 11 is 0. The zero-order chi connectivity index (χ0) is 85.0. The van der Waals surface area contributed by atoms with E-state index in [0.717, 1.165) is 245 Å². The molecule has 121 heavy (non-hydrogen) atoms. The van der Waals surface area contributed by atoms with E-state index < -0.39 is 0 Å². The van der Waals surface area contributed by atoms with Gasteiger partial charge in [-0.3, -0.25) is 33.6 Å². The van der Waals surface area contributed by atoms with Gasteiger partial charge >= 0.3 is 0 Å². The van der Waals surface area contributed by atoms with E-state index in [1.807, 2.05) is 175 Å². The molecule has 20 heteroatoms. The molecule has 3 atom stereocenters. The summed E-state index contributed by atoms with van der Waals surface area (Å²) in [7, 11) is 12.9. The predicted octanol–water partition coefficient (Wildman–Crippen LogP) is 23.4. The Morgan fingerprint density at radius 2 is 0.545 bits per heavy atom. The third-order valence-electron chi connectivity index (χ3n) is 26.2. The molecular formula is C101H139N9O9Pr2-2. The van der Waals surface area contributed by atoms with Crippen molar-refractivity contribution < 1.29 is 126 Å². The molecular weight excluding hydrogens is 1760 g/mol. The van der Waals surface area contributed by atoms with Gasteiger partial charge in [-0.1, -0.05) is 252 Å². The van der Waals surface area contributed by atoms with Crippen molar-refractivity contribution in [2.75, 3.05) is 83.6 Å². The molecule has 7 aliphatic rings. The van der Waals surface area contributed by atoms with Crippen LogP contribution in [0, 0.1) is 136 Å². The number of carbonyl (C=O) groups is 9. The number of para-hydroxylation sites is 5. The van der Waals surface area contributed by atoms with Gasteiger partial charge in [-0.05, 0) is 169 Å². The van der Waals surface area contributed by atoms with Gasteiger partial charge in [-0.25, -0.2) is 0 Å². The molecule has 650 valence electrons. The number of carbonyl (C=O) groups excluding carboxylic acids is 9. The standard InChI is InChI=1S/C22H26N2O2.2C22H32N2O2.C20H28N2O2.C15H23NO.2Pr/c1-23(17-11-5-3-6-12-17)21(25)19-15-9-10-16-20(19)22(26)24(2)18-13-7-4-8-14-18;1-23(21(25)17-11-5-3-6-12-17)19-15-9-10-16-20(19)24(2)22(26)18-13-7-4-8-14-18;1-23(21(25)17-10-5-3-6-11-17)19-14-9-15-20(16-19)24(2)22(26)18-12-7-4-8-13-18;23-19(15-7-3-1-4-8-15)21-17-11-13-18(14-12-17)22-20(24)16-9-5-2-6-10-16;1-4-6-10-13(5-2)15(17)16(3)14-11-8-7-9-12-14;;/h3-8,11-14,19-20H,9-10,15-16H2,1-2H3;9-10,15-18H,3-8,11-14H2,1-2H3;9,14-18H,3-8,10-13H2,1-2H3;11-16H,1-10H2,(H2,21,22,23,24);7-9,11-13H,4-6,10H2,1-3H3;;/p-2. The van der Waals surface area contributed by atoms with Crippen LogP contribution in [0.1, 0.15) is 258 Å². The quantitative estimate of drug-likeness (QED) is 0.0633. The molecule has 6 aromatic rings. The Morgan fingerprint density at radius 3 is 0.843 bits per heavy atom. The normalized spacial score (nSPS) is 18.1. The third kappa shape index (κ3) is 30.8.